The van der Waals surface area contributed by atoms with Crippen LogP contribution in [0.3, 0.4) is 0 Å². The van der Waals surface area contributed by atoms with Crippen LogP contribution in [-0.2, 0) is 4.79 Å². The Hall–Kier alpha value is -2.12. The second kappa shape index (κ2) is 7.43. The van der Waals surface area contributed by atoms with Crippen LogP contribution in [0.1, 0.15) is 0 Å². The highest BCUT2D eigenvalue weighted by Crippen LogP contribution is 2.21. The minimum atomic E-state index is -0.0792. The van der Waals surface area contributed by atoms with Gasteiger partial charge in [0.25, 0.3) is 0 Å². The van der Waals surface area contributed by atoms with E-state index in [0.29, 0.717) is 0 Å². The zero-order chi connectivity index (χ0) is 16.1. The van der Waals surface area contributed by atoms with E-state index < -0.39 is 0 Å². The molecule has 0 atom stereocenters. The minimum Gasteiger partial charge on any atom is -0.324 e. The van der Waals surface area contributed by atoms with E-state index in [1.807, 2.05) is 59.3 Å². The zero-order valence-electron chi connectivity index (χ0n) is 12.1. The molecule has 2 N–H and O–H groups in total. The lowest BCUT2D eigenvalue weighted by molar-refractivity contribution is -0.694. The minimum absolute atomic E-state index is 0.0792. The monoisotopic (exact) mass is 389 g/mol. The highest BCUT2D eigenvalue weighted by atomic mass is 79.9. The number of benzene rings is 2. The van der Waals surface area contributed by atoms with Crippen LogP contribution in [0, 0.1) is 0 Å². The molecule has 2 aromatic carbocycles. The average Bonchev–Trinajstić information content (AvgIpc) is 3.04. The Bertz CT molecular complexity index is 807. The summed E-state index contributed by atoms with van der Waals surface area (Å²) in [7, 11) is 0. The number of para-hydroxylation sites is 2. The number of carbonyl (C=O) groups excluding carboxylic acids is 1. The molecule has 0 aliphatic rings. The zero-order valence-corrected chi connectivity index (χ0v) is 14.5. The molecule has 0 bridgehead atoms. The van der Waals surface area contributed by atoms with Gasteiger partial charge in [-0.1, -0.05) is 30.3 Å². The summed E-state index contributed by atoms with van der Waals surface area (Å²) in [6, 6.07) is 17.3. The number of aromatic amines is 1. The van der Waals surface area contributed by atoms with Crippen molar-refractivity contribution in [1.82, 2.24) is 10.1 Å². The summed E-state index contributed by atoms with van der Waals surface area (Å²) in [5, 5.41) is 6.66. The van der Waals surface area contributed by atoms with Crippen molar-refractivity contribution < 1.29 is 9.48 Å². The van der Waals surface area contributed by atoms with Crippen LogP contribution in [0.2, 0.25) is 0 Å². The SMILES string of the molecule is O=C(CSc1nc[nH][n+]1-c1ccccc1)Nc1ccccc1Br. The molecular formula is C16H14BrN4OS+. The molecule has 3 aromatic rings. The molecule has 0 aliphatic carbocycles. The molecule has 0 unspecified atom stereocenters. The van der Waals surface area contributed by atoms with Gasteiger partial charge in [0.1, 0.15) is 0 Å². The summed E-state index contributed by atoms with van der Waals surface area (Å²) in [5.74, 6) is 0.198. The number of hydrogen-bond donors (Lipinski definition) is 2. The molecule has 1 heterocycles. The van der Waals surface area contributed by atoms with Gasteiger partial charge in [0, 0.05) is 4.47 Å². The van der Waals surface area contributed by atoms with Gasteiger partial charge >= 0.3 is 5.16 Å². The molecule has 0 radical (unpaired) electrons. The number of H-pyrrole nitrogens is 1. The van der Waals surface area contributed by atoms with Crippen LogP contribution in [0.4, 0.5) is 5.69 Å². The number of nitrogens with one attached hydrogen (secondary N) is 2. The van der Waals surface area contributed by atoms with Crippen LogP contribution < -0.4 is 10.00 Å². The Morgan fingerprint density at radius 2 is 1.91 bits per heavy atom. The fourth-order valence-electron chi connectivity index (χ4n) is 2.00. The lowest BCUT2D eigenvalue weighted by atomic mass is 10.3. The number of carbonyl (C=O) groups is 1. The van der Waals surface area contributed by atoms with Crippen LogP contribution in [0.25, 0.3) is 5.69 Å². The van der Waals surface area contributed by atoms with Crippen molar-refractivity contribution in [2.45, 2.75) is 5.16 Å². The first-order chi connectivity index (χ1) is 11.2. The highest BCUT2D eigenvalue weighted by Gasteiger charge is 2.18. The first-order valence-corrected chi connectivity index (χ1v) is 8.70. The van der Waals surface area contributed by atoms with Crippen molar-refractivity contribution in [3.05, 3.63) is 65.4 Å². The summed E-state index contributed by atoms with van der Waals surface area (Å²) < 4.78 is 2.70. The molecule has 7 heteroatoms. The Morgan fingerprint density at radius 1 is 1.17 bits per heavy atom. The first-order valence-electron chi connectivity index (χ1n) is 6.92. The van der Waals surface area contributed by atoms with E-state index >= 15 is 0 Å². The number of aromatic nitrogens is 3. The summed E-state index contributed by atoms with van der Waals surface area (Å²) >= 11 is 4.79. The largest absolute Gasteiger partial charge is 0.385 e. The summed E-state index contributed by atoms with van der Waals surface area (Å²) in [6.07, 6.45) is 1.61. The van der Waals surface area contributed by atoms with Crippen molar-refractivity contribution in [1.29, 1.82) is 0 Å². The van der Waals surface area contributed by atoms with E-state index in [1.54, 1.807) is 6.33 Å². The molecule has 5 nitrogen and oxygen atoms in total. The van der Waals surface area contributed by atoms with Crippen molar-refractivity contribution >= 4 is 39.3 Å². The smallest absolute Gasteiger partial charge is 0.324 e. The van der Waals surface area contributed by atoms with Gasteiger partial charge in [0.2, 0.25) is 12.2 Å². The topological polar surface area (TPSA) is 61.7 Å². The van der Waals surface area contributed by atoms with Gasteiger partial charge in [0.15, 0.2) is 5.69 Å². The molecular weight excluding hydrogens is 376 g/mol. The Balaban J connectivity index is 1.64. The fraction of sp³-hybridized carbons (Fsp3) is 0.0625. The van der Waals surface area contributed by atoms with E-state index in [-0.39, 0.29) is 11.7 Å². The lowest BCUT2D eigenvalue weighted by Gasteiger charge is -2.05. The number of hydrogen-bond acceptors (Lipinski definition) is 3. The van der Waals surface area contributed by atoms with Crippen molar-refractivity contribution in [3.8, 4) is 5.69 Å². The van der Waals surface area contributed by atoms with Gasteiger partial charge in [-0.15, -0.1) is 4.68 Å². The van der Waals surface area contributed by atoms with Crippen LogP contribution in [0.15, 0.2) is 70.6 Å². The second-order valence-corrected chi connectivity index (χ2v) is 6.45. The molecule has 1 amide bonds. The van der Waals surface area contributed by atoms with E-state index in [2.05, 4.69) is 31.3 Å². The predicted molar refractivity (Wildman–Crippen MR) is 93.6 cm³/mol. The molecule has 0 saturated heterocycles. The van der Waals surface area contributed by atoms with Gasteiger partial charge < -0.3 is 5.32 Å². The molecule has 23 heavy (non-hydrogen) atoms. The Labute approximate surface area is 146 Å². The molecule has 0 fully saturated rings. The van der Waals surface area contributed by atoms with Crippen LogP contribution in [0.5, 0.6) is 0 Å². The normalized spacial score (nSPS) is 10.5. The third-order valence-corrected chi connectivity index (χ3v) is 4.69. The Morgan fingerprint density at radius 3 is 2.70 bits per heavy atom. The van der Waals surface area contributed by atoms with Crippen LogP contribution >= 0.6 is 27.7 Å². The molecule has 0 saturated carbocycles. The number of rotatable bonds is 5. The van der Waals surface area contributed by atoms with Gasteiger partial charge in [-0.3, -0.25) is 4.79 Å². The molecule has 116 valence electrons. The average molecular weight is 390 g/mol. The van der Waals surface area contributed by atoms with Crippen molar-refractivity contribution in [3.63, 3.8) is 0 Å². The highest BCUT2D eigenvalue weighted by molar-refractivity contribution is 9.10. The molecule has 3 rings (SSSR count). The maximum absolute atomic E-state index is 12.1. The van der Waals surface area contributed by atoms with Gasteiger partial charge in [0.05, 0.1) is 11.4 Å². The first kappa shape index (κ1) is 15.8. The van der Waals surface area contributed by atoms with E-state index in [1.165, 1.54) is 11.8 Å². The maximum Gasteiger partial charge on any atom is 0.385 e. The summed E-state index contributed by atoms with van der Waals surface area (Å²) in [6.45, 7) is 0. The van der Waals surface area contributed by atoms with Crippen molar-refractivity contribution in [2.75, 3.05) is 11.1 Å². The van der Waals surface area contributed by atoms with E-state index in [9.17, 15) is 4.79 Å². The van der Waals surface area contributed by atoms with Gasteiger partial charge in [-0.2, -0.15) is 5.10 Å². The van der Waals surface area contributed by atoms with Crippen LogP contribution in [-0.4, -0.2) is 21.7 Å². The third kappa shape index (κ3) is 4.00. The molecule has 0 aliphatic heterocycles. The summed E-state index contributed by atoms with van der Waals surface area (Å²) in [4.78, 5) is 16.4. The number of nitrogens with zero attached hydrogens (tertiary/aromatic N) is 2. The molecule has 1 aromatic heterocycles. The third-order valence-electron chi connectivity index (χ3n) is 3.05. The Kier molecular flexibility index (Phi) is 5.09. The number of anilines is 1. The van der Waals surface area contributed by atoms with Gasteiger partial charge in [-0.05, 0) is 56.9 Å². The van der Waals surface area contributed by atoms with Crippen molar-refractivity contribution in [2.24, 2.45) is 0 Å². The van der Waals surface area contributed by atoms with E-state index in [4.69, 9.17) is 0 Å². The number of amides is 1. The predicted octanol–water partition coefficient (Wildman–Crippen LogP) is 3.18. The van der Waals surface area contributed by atoms with Gasteiger partial charge in [-0.25, -0.2) is 0 Å². The standard InChI is InChI=1S/C16H13BrN4OS/c17-13-8-4-5-9-14(13)20-15(22)10-23-16-18-11-19-21(16)12-6-2-1-3-7-12/h1-9,11H,10H2,(H,20,22)/p+1. The maximum atomic E-state index is 12.1. The number of halogens is 1. The lowest BCUT2D eigenvalue weighted by Crippen LogP contribution is -2.35. The van der Waals surface area contributed by atoms with E-state index in [0.717, 1.165) is 21.0 Å². The summed E-state index contributed by atoms with van der Waals surface area (Å²) in [5.41, 5.74) is 1.73. The second-order valence-electron chi connectivity index (χ2n) is 4.66. The fourth-order valence-corrected chi connectivity index (χ4v) is 3.13. The number of thioether (sulfide) groups is 1. The quantitative estimate of drug-likeness (QED) is 0.520. The molecule has 0 spiro atoms.